The number of ether oxygens (including phenoxy) is 2. The topological polar surface area (TPSA) is 180 Å². The highest BCUT2D eigenvalue weighted by Crippen LogP contribution is 2.68. The largest absolute Gasteiger partial charge is 0.396 e. The van der Waals surface area contributed by atoms with E-state index >= 15 is 0 Å². The van der Waals surface area contributed by atoms with E-state index in [-0.39, 0.29) is 43.3 Å². The Morgan fingerprint density at radius 2 is 1.67 bits per heavy atom. The smallest absolute Gasteiger partial charge is 0.186 e. The molecule has 16 unspecified atom stereocenters. The number of hydrogen-bond donors (Lipinski definition) is 8. The van der Waals surface area contributed by atoms with Crippen molar-refractivity contribution in [3.05, 3.63) is 11.6 Å². The van der Waals surface area contributed by atoms with E-state index in [0.29, 0.717) is 19.3 Å². The molecule has 242 valence electrons. The second-order valence-corrected chi connectivity index (χ2v) is 15.0. The van der Waals surface area contributed by atoms with Crippen LogP contribution >= 0.6 is 0 Å². The van der Waals surface area contributed by atoms with Gasteiger partial charge in [0.2, 0.25) is 0 Å². The number of rotatable bonds is 8. The molecule has 5 aliphatic rings. The molecule has 4 aliphatic carbocycles. The van der Waals surface area contributed by atoms with Crippen LogP contribution in [-0.2, 0) is 9.47 Å². The summed E-state index contributed by atoms with van der Waals surface area (Å²) in [4.78, 5) is 0. The minimum Gasteiger partial charge on any atom is -0.396 e. The lowest BCUT2D eigenvalue weighted by molar-refractivity contribution is -0.293. The zero-order valence-electron chi connectivity index (χ0n) is 25.5. The molecule has 8 N–H and O–H groups in total. The molecular weight excluding hydrogens is 544 g/mol. The van der Waals surface area contributed by atoms with Gasteiger partial charge in [0.05, 0.1) is 30.5 Å². The summed E-state index contributed by atoms with van der Waals surface area (Å²) >= 11 is 0. The SMILES string of the molecule is CC(CO)CCCC(C)C1C(O)C(O)C2C1(C)CCC1C3(C)CCC(OC4OCC(O)C(O)C4O)C(O)C3=CCC12O. The van der Waals surface area contributed by atoms with Crippen molar-refractivity contribution in [3.63, 3.8) is 0 Å². The average Bonchev–Trinajstić information content (AvgIpc) is 3.15. The van der Waals surface area contributed by atoms with Crippen LogP contribution in [0.15, 0.2) is 11.6 Å². The van der Waals surface area contributed by atoms with Crippen LogP contribution < -0.4 is 0 Å². The van der Waals surface area contributed by atoms with Crippen molar-refractivity contribution in [3.8, 4) is 0 Å². The van der Waals surface area contributed by atoms with Crippen LogP contribution in [0.5, 0.6) is 0 Å². The molecule has 5 rings (SSSR count). The molecule has 1 heterocycles. The van der Waals surface area contributed by atoms with Crippen LogP contribution in [0.1, 0.15) is 79.1 Å². The Bertz CT molecular complexity index is 992. The van der Waals surface area contributed by atoms with E-state index in [1.165, 1.54) is 0 Å². The molecule has 0 aromatic carbocycles. The summed E-state index contributed by atoms with van der Waals surface area (Å²) in [5, 5.41) is 86.6. The Morgan fingerprint density at radius 3 is 2.36 bits per heavy atom. The maximum atomic E-state index is 12.5. The molecule has 0 aromatic heterocycles. The van der Waals surface area contributed by atoms with Gasteiger partial charge in [-0.25, -0.2) is 0 Å². The van der Waals surface area contributed by atoms with Gasteiger partial charge in [-0.15, -0.1) is 0 Å². The first kappa shape index (κ1) is 32.7. The molecule has 0 amide bonds. The molecule has 16 atom stereocenters. The molecule has 10 nitrogen and oxygen atoms in total. The van der Waals surface area contributed by atoms with E-state index < -0.39 is 71.4 Å². The highest BCUT2D eigenvalue weighted by Gasteiger charge is 2.71. The molecule has 0 spiro atoms. The molecule has 1 aliphatic heterocycles. The lowest BCUT2D eigenvalue weighted by atomic mass is 9.44. The van der Waals surface area contributed by atoms with Gasteiger partial charge < -0.3 is 50.3 Å². The lowest BCUT2D eigenvalue weighted by Crippen LogP contribution is -2.65. The third-order valence-corrected chi connectivity index (χ3v) is 12.4. The van der Waals surface area contributed by atoms with E-state index in [2.05, 4.69) is 20.8 Å². The zero-order valence-corrected chi connectivity index (χ0v) is 25.5. The summed E-state index contributed by atoms with van der Waals surface area (Å²) in [6.45, 7) is 8.34. The maximum absolute atomic E-state index is 12.5. The Morgan fingerprint density at radius 1 is 0.952 bits per heavy atom. The Balaban J connectivity index is 1.35. The third-order valence-electron chi connectivity index (χ3n) is 12.4. The van der Waals surface area contributed by atoms with Gasteiger partial charge in [0.25, 0.3) is 0 Å². The van der Waals surface area contributed by atoms with Crippen molar-refractivity contribution in [1.82, 2.24) is 0 Å². The molecule has 1 saturated heterocycles. The zero-order chi connectivity index (χ0) is 30.8. The van der Waals surface area contributed by atoms with Crippen molar-refractivity contribution < 1.29 is 50.3 Å². The van der Waals surface area contributed by atoms with Gasteiger partial charge in [-0.05, 0) is 78.6 Å². The number of fused-ring (bicyclic) bond motifs is 5. The summed E-state index contributed by atoms with van der Waals surface area (Å²) in [7, 11) is 0. The van der Waals surface area contributed by atoms with Crippen LogP contribution in [0.25, 0.3) is 0 Å². The van der Waals surface area contributed by atoms with Gasteiger partial charge in [-0.3, -0.25) is 0 Å². The molecule has 0 aromatic rings. The summed E-state index contributed by atoms with van der Waals surface area (Å²) in [6, 6.07) is 0. The first-order valence-electron chi connectivity index (χ1n) is 16.1. The molecule has 0 radical (unpaired) electrons. The van der Waals surface area contributed by atoms with E-state index in [0.717, 1.165) is 31.3 Å². The Hall–Kier alpha value is -0.660. The molecule has 4 fully saturated rings. The highest BCUT2D eigenvalue weighted by molar-refractivity contribution is 5.33. The van der Waals surface area contributed by atoms with Crippen molar-refractivity contribution in [2.24, 2.45) is 40.4 Å². The van der Waals surface area contributed by atoms with Gasteiger partial charge in [0.15, 0.2) is 6.29 Å². The van der Waals surface area contributed by atoms with Crippen molar-refractivity contribution >= 4 is 0 Å². The summed E-state index contributed by atoms with van der Waals surface area (Å²) in [5.74, 6) is -0.520. The monoisotopic (exact) mass is 598 g/mol. The van der Waals surface area contributed by atoms with E-state index in [1.807, 2.05) is 13.0 Å². The van der Waals surface area contributed by atoms with Gasteiger partial charge >= 0.3 is 0 Å². The summed E-state index contributed by atoms with van der Waals surface area (Å²) in [5.41, 5.74) is -1.47. The maximum Gasteiger partial charge on any atom is 0.186 e. The van der Waals surface area contributed by atoms with Crippen molar-refractivity contribution in [2.45, 2.75) is 134 Å². The van der Waals surface area contributed by atoms with Crippen LogP contribution in [-0.4, -0.2) is 109 Å². The summed E-state index contributed by atoms with van der Waals surface area (Å²) in [6.07, 6.45) is -1.56. The minimum atomic E-state index is -1.44. The average molecular weight is 599 g/mol. The first-order chi connectivity index (χ1) is 19.7. The standard InChI is InChI=1S/C32H54O10/c1-16(14-33)6-5-7-17(2)22-25(37)26(38)28-31(22,4)12-10-21-30(3)11-9-20(23(35)18(30)8-13-32(21,28)40)42-29-27(39)24(36)19(34)15-41-29/h8,16-17,19-29,33-40H,5-7,9-15H2,1-4H3. The minimum absolute atomic E-state index is 0.146. The van der Waals surface area contributed by atoms with Crippen LogP contribution in [0.3, 0.4) is 0 Å². The van der Waals surface area contributed by atoms with Crippen LogP contribution in [0, 0.1) is 40.4 Å². The molecule has 10 heteroatoms. The fourth-order valence-electron chi connectivity index (χ4n) is 10.2. The molecule has 0 bridgehead atoms. The van der Waals surface area contributed by atoms with Gasteiger partial charge in [-0.2, -0.15) is 0 Å². The van der Waals surface area contributed by atoms with Crippen molar-refractivity contribution in [1.29, 1.82) is 0 Å². The predicted octanol–water partition coefficient (Wildman–Crippen LogP) is 0.852. The predicted molar refractivity (Wildman–Crippen MR) is 153 cm³/mol. The van der Waals surface area contributed by atoms with Crippen molar-refractivity contribution in [2.75, 3.05) is 13.2 Å². The van der Waals surface area contributed by atoms with E-state index in [9.17, 15) is 40.9 Å². The third kappa shape index (κ3) is 5.11. The Labute approximate surface area is 249 Å². The lowest BCUT2D eigenvalue weighted by Gasteiger charge is -2.63. The molecule has 42 heavy (non-hydrogen) atoms. The van der Waals surface area contributed by atoms with Gasteiger partial charge in [0, 0.05) is 12.5 Å². The second-order valence-electron chi connectivity index (χ2n) is 15.0. The number of hydrogen-bond acceptors (Lipinski definition) is 10. The second kappa shape index (κ2) is 11.9. The molecule has 3 saturated carbocycles. The normalized spacial score (nSPS) is 52.1. The fourth-order valence-corrected chi connectivity index (χ4v) is 10.2. The first-order valence-corrected chi connectivity index (χ1v) is 16.1. The van der Waals surface area contributed by atoms with E-state index in [4.69, 9.17) is 9.47 Å². The number of aliphatic hydroxyl groups is 8. The summed E-state index contributed by atoms with van der Waals surface area (Å²) < 4.78 is 11.4. The van der Waals surface area contributed by atoms with Gasteiger partial charge in [-0.1, -0.05) is 46.6 Å². The van der Waals surface area contributed by atoms with E-state index in [1.54, 1.807) is 0 Å². The van der Waals surface area contributed by atoms with Gasteiger partial charge in [0.1, 0.15) is 24.4 Å². The van der Waals surface area contributed by atoms with Crippen LogP contribution in [0.2, 0.25) is 0 Å². The quantitative estimate of drug-likeness (QED) is 0.187. The molecular formula is C32H54O10. The fraction of sp³-hybridized carbons (Fsp3) is 0.938. The highest BCUT2D eigenvalue weighted by atomic mass is 16.7. The Kier molecular flexibility index (Phi) is 9.30. The van der Waals surface area contributed by atoms with Crippen LogP contribution in [0.4, 0.5) is 0 Å². The number of aliphatic hydroxyl groups excluding tert-OH is 7.